The summed E-state index contributed by atoms with van der Waals surface area (Å²) in [5.74, 6) is 2.41. The lowest BCUT2D eigenvalue weighted by molar-refractivity contribution is 0.309. The Morgan fingerprint density at radius 1 is 1.23 bits per heavy atom. The first-order valence-corrected chi connectivity index (χ1v) is 8.01. The van der Waals surface area contributed by atoms with Gasteiger partial charge in [0.2, 0.25) is 0 Å². The van der Waals surface area contributed by atoms with E-state index in [-0.39, 0.29) is 11.4 Å². The number of hydrogen-bond donors (Lipinski definition) is 2. The Morgan fingerprint density at radius 3 is 2.64 bits per heavy atom. The molecule has 0 fully saturated rings. The van der Waals surface area contributed by atoms with Crippen LogP contribution in [0.3, 0.4) is 0 Å². The predicted octanol–water partition coefficient (Wildman–Crippen LogP) is 2.31. The number of hydrogen-bond acceptors (Lipinski definition) is 6. The molecule has 1 heterocycles. The van der Waals surface area contributed by atoms with Crippen LogP contribution in [-0.2, 0) is 0 Å². The van der Waals surface area contributed by atoms with Crippen molar-refractivity contribution in [1.82, 2.24) is 9.97 Å². The van der Waals surface area contributed by atoms with Crippen molar-refractivity contribution in [3.8, 4) is 11.5 Å². The summed E-state index contributed by atoms with van der Waals surface area (Å²) in [6.07, 6.45) is 0.965. The first kappa shape index (κ1) is 16.2. The Morgan fingerprint density at radius 2 is 1.95 bits per heavy atom. The number of nitrogen functional groups attached to an aromatic ring is 1. The Kier molecular flexibility index (Phi) is 6.14. The molecule has 2 rings (SSSR count). The van der Waals surface area contributed by atoms with Crippen LogP contribution in [0.5, 0.6) is 11.5 Å². The van der Waals surface area contributed by atoms with Crippen molar-refractivity contribution in [2.45, 2.75) is 18.5 Å². The minimum Gasteiger partial charge on any atom is -0.493 e. The van der Waals surface area contributed by atoms with Crippen LogP contribution in [-0.4, -0.2) is 28.9 Å². The number of benzene rings is 1. The number of H-pyrrole nitrogens is 1. The minimum atomic E-state index is -0.253. The summed E-state index contributed by atoms with van der Waals surface area (Å²) in [7, 11) is 0. The predicted molar refractivity (Wildman–Crippen MR) is 87.7 cm³/mol. The molecule has 0 aliphatic heterocycles. The molecule has 0 radical (unpaired) electrons. The van der Waals surface area contributed by atoms with Gasteiger partial charge in [-0.3, -0.25) is 4.79 Å². The first-order chi connectivity index (χ1) is 10.7. The van der Waals surface area contributed by atoms with Gasteiger partial charge in [-0.1, -0.05) is 24.8 Å². The van der Waals surface area contributed by atoms with Crippen molar-refractivity contribution >= 4 is 17.6 Å². The second-order valence-electron chi connectivity index (χ2n) is 4.50. The molecule has 2 aromatic rings. The highest BCUT2D eigenvalue weighted by molar-refractivity contribution is 7.99. The molecule has 0 bridgehead atoms. The van der Waals surface area contributed by atoms with Crippen LogP contribution in [0.25, 0.3) is 0 Å². The highest BCUT2D eigenvalue weighted by atomic mass is 32.2. The number of aromatic nitrogens is 2. The lowest BCUT2D eigenvalue weighted by Gasteiger charge is -2.08. The Bertz CT molecular complexity index is 660. The van der Waals surface area contributed by atoms with Crippen LogP contribution >= 0.6 is 11.8 Å². The third kappa shape index (κ3) is 5.33. The van der Waals surface area contributed by atoms with E-state index in [0.29, 0.717) is 24.1 Å². The maximum atomic E-state index is 11.3. The largest absolute Gasteiger partial charge is 0.493 e. The molecule has 0 aliphatic rings. The van der Waals surface area contributed by atoms with Gasteiger partial charge in [0.05, 0.1) is 13.2 Å². The second-order valence-corrected chi connectivity index (χ2v) is 5.58. The number of ether oxygens (including phenoxy) is 2. The molecule has 6 nitrogen and oxygen atoms in total. The van der Waals surface area contributed by atoms with Crippen molar-refractivity contribution in [1.29, 1.82) is 0 Å². The summed E-state index contributed by atoms with van der Waals surface area (Å²) >= 11 is 1.38. The number of anilines is 1. The van der Waals surface area contributed by atoms with E-state index in [4.69, 9.17) is 15.2 Å². The monoisotopic (exact) mass is 321 g/mol. The van der Waals surface area contributed by atoms with Gasteiger partial charge in [0.1, 0.15) is 17.3 Å². The van der Waals surface area contributed by atoms with E-state index in [1.54, 1.807) is 0 Å². The summed E-state index contributed by atoms with van der Waals surface area (Å²) in [6.45, 7) is 3.24. The molecule has 1 aromatic carbocycles. The number of rotatable bonds is 8. The Balaban J connectivity index is 1.79. The van der Waals surface area contributed by atoms with E-state index in [9.17, 15) is 4.79 Å². The zero-order chi connectivity index (χ0) is 15.8. The van der Waals surface area contributed by atoms with Crippen LogP contribution in [0.2, 0.25) is 0 Å². The number of aromatic amines is 1. The van der Waals surface area contributed by atoms with Crippen LogP contribution in [0.1, 0.15) is 13.3 Å². The molecule has 118 valence electrons. The normalized spacial score (nSPS) is 10.4. The van der Waals surface area contributed by atoms with Gasteiger partial charge >= 0.3 is 0 Å². The highest BCUT2D eigenvalue weighted by Gasteiger charge is 2.01. The molecule has 7 heteroatoms. The molecule has 0 atom stereocenters. The van der Waals surface area contributed by atoms with Crippen molar-refractivity contribution in [3.05, 3.63) is 40.7 Å². The zero-order valence-corrected chi connectivity index (χ0v) is 13.2. The standard InChI is InChI=1S/C15H19N3O3S/c1-2-6-20-11-4-3-5-12(9-11)21-7-8-22-15-17-13(16)10-14(19)18-15/h3-5,9-10H,2,6-8H2,1H3,(H3,16,17,18,19). The number of nitrogens with two attached hydrogens (primary N) is 1. The van der Waals surface area contributed by atoms with Gasteiger partial charge in [0, 0.05) is 17.9 Å². The molecular formula is C15H19N3O3S. The van der Waals surface area contributed by atoms with Crippen molar-refractivity contribution in [3.63, 3.8) is 0 Å². The number of thioether (sulfide) groups is 1. The summed E-state index contributed by atoms with van der Waals surface area (Å²) < 4.78 is 11.2. The van der Waals surface area contributed by atoms with Crippen LogP contribution < -0.4 is 20.8 Å². The van der Waals surface area contributed by atoms with Gasteiger partial charge in [-0.25, -0.2) is 4.98 Å². The maximum Gasteiger partial charge on any atom is 0.253 e. The molecule has 1 aromatic heterocycles. The van der Waals surface area contributed by atoms with Gasteiger partial charge in [-0.2, -0.15) is 0 Å². The highest BCUT2D eigenvalue weighted by Crippen LogP contribution is 2.20. The topological polar surface area (TPSA) is 90.2 Å². The second kappa shape index (κ2) is 8.33. The van der Waals surface area contributed by atoms with E-state index < -0.39 is 0 Å². The zero-order valence-electron chi connectivity index (χ0n) is 12.4. The van der Waals surface area contributed by atoms with Gasteiger partial charge in [0.25, 0.3) is 5.56 Å². The average molecular weight is 321 g/mol. The quantitative estimate of drug-likeness (QED) is 0.440. The van der Waals surface area contributed by atoms with Gasteiger partial charge in [0.15, 0.2) is 5.16 Å². The molecule has 0 spiro atoms. The third-order valence-corrected chi connectivity index (χ3v) is 3.45. The van der Waals surface area contributed by atoms with Crippen molar-refractivity contribution < 1.29 is 9.47 Å². The Hall–Kier alpha value is -2.15. The fraction of sp³-hybridized carbons (Fsp3) is 0.333. The third-order valence-electron chi connectivity index (χ3n) is 2.61. The van der Waals surface area contributed by atoms with E-state index in [1.807, 2.05) is 24.3 Å². The average Bonchev–Trinajstić information content (AvgIpc) is 2.49. The van der Waals surface area contributed by atoms with Crippen LogP contribution in [0, 0.1) is 0 Å². The molecular weight excluding hydrogens is 302 g/mol. The first-order valence-electron chi connectivity index (χ1n) is 7.02. The molecule has 3 N–H and O–H groups in total. The lowest BCUT2D eigenvalue weighted by atomic mass is 10.3. The molecule has 22 heavy (non-hydrogen) atoms. The molecule has 0 saturated carbocycles. The SMILES string of the molecule is CCCOc1cccc(OCCSc2nc(N)cc(=O)[nH]2)c1. The van der Waals surface area contributed by atoms with E-state index >= 15 is 0 Å². The van der Waals surface area contributed by atoms with Gasteiger partial charge in [-0.15, -0.1) is 0 Å². The summed E-state index contributed by atoms with van der Waals surface area (Å²) in [4.78, 5) is 17.9. The number of nitrogens with zero attached hydrogens (tertiary/aromatic N) is 1. The molecule has 0 unspecified atom stereocenters. The van der Waals surface area contributed by atoms with Crippen LogP contribution in [0.15, 0.2) is 40.3 Å². The van der Waals surface area contributed by atoms with E-state index in [2.05, 4.69) is 16.9 Å². The van der Waals surface area contributed by atoms with E-state index in [1.165, 1.54) is 17.8 Å². The molecule has 0 saturated heterocycles. The number of nitrogens with one attached hydrogen (secondary N) is 1. The Labute approximate surface area is 133 Å². The maximum absolute atomic E-state index is 11.3. The summed E-state index contributed by atoms with van der Waals surface area (Å²) in [5, 5.41) is 0.494. The van der Waals surface area contributed by atoms with Crippen molar-refractivity contribution in [2.24, 2.45) is 0 Å². The van der Waals surface area contributed by atoms with Gasteiger partial charge < -0.3 is 20.2 Å². The fourth-order valence-electron chi connectivity index (χ4n) is 1.69. The van der Waals surface area contributed by atoms with Gasteiger partial charge in [-0.05, 0) is 18.6 Å². The summed E-state index contributed by atoms with van der Waals surface area (Å²) in [6, 6.07) is 8.79. The lowest BCUT2D eigenvalue weighted by Crippen LogP contribution is -2.10. The fourth-order valence-corrected chi connectivity index (χ4v) is 2.40. The minimum absolute atomic E-state index is 0.216. The molecule has 0 aliphatic carbocycles. The summed E-state index contributed by atoms with van der Waals surface area (Å²) in [5.41, 5.74) is 5.27. The van der Waals surface area contributed by atoms with Crippen LogP contribution in [0.4, 0.5) is 5.82 Å². The van der Waals surface area contributed by atoms with E-state index in [0.717, 1.165) is 17.9 Å². The smallest absolute Gasteiger partial charge is 0.253 e. The van der Waals surface area contributed by atoms with Crippen molar-refractivity contribution in [2.75, 3.05) is 24.7 Å². The molecule has 0 amide bonds.